The van der Waals surface area contributed by atoms with Crippen molar-refractivity contribution in [1.82, 2.24) is 15.3 Å². The smallest absolute Gasteiger partial charge is 0.345 e. The normalized spacial score (nSPS) is 18.3. The lowest BCUT2D eigenvalue weighted by Crippen LogP contribution is -2.44. The van der Waals surface area contributed by atoms with Gasteiger partial charge in [0.15, 0.2) is 0 Å². The Hall–Kier alpha value is -2.22. The number of nitrogens with one attached hydrogen (secondary N) is 2. The minimum absolute atomic E-state index is 0.153. The summed E-state index contributed by atoms with van der Waals surface area (Å²) in [6.07, 6.45) is 5.59. The molecule has 1 fully saturated rings. The maximum Gasteiger partial charge on any atom is 0.345 e. The second kappa shape index (κ2) is 8.03. The van der Waals surface area contributed by atoms with Crippen molar-refractivity contribution >= 4 is 17.5 Å². The van der Waals surface area contributed by atoms with Crippen molar-refractivity contribution in [2.24, 2.45) is 0 Å². The molecule has 0 radical (unpaired) electrons. The van der Waals surface area contributed by atoms with Crippen molar-refractivity contribution in [3.63, 3.8) is 0 Å². The fourth-order valence-corrected chi connectivity index (χ4v) is 3.74. The topological polar surface area (TPSA) is 115 Å². The van der Waals surface area contributed by atoms with Crippen LogP contribution in [0, 0.1) is 0 Å². The van der Waals surface area contributed by atoms with E-state index in [-0.39, 0.29) is 22.8 Å². The number of rotatable bonds is 5. The number of halogens is 1. The van der Waals surface area contributed by atoms with Crippen LogP contribution in [0.5, 0.6) is 0 Å². The molecule has 150 valence electrons. The molecule has 1 aliphatic carbocycles. The predicted octanol–water partition coefficient (Wildman–Crippen LogP) is 2.10. The molecule has 1 amide bonds. The Kier molecular flexibility index (Phi) is 5.88. The van der Waals surface area contributed by atoms with E-state index in [1.54, 1.807) is 6.07 Å². The van der Waals surface area contributed by atoms with Crippen molar-refractivity contribution in [2.75, 3.05) is 6.54 Å². The number of amides is 1. The Bertz CT molecular complexity index is 920. The summed E-state index contributed by atoms with van der Waals surface area (Å²) < 4.78 is 0. The number of carbonyl (C=O) groups excluding carboxylic acids is 1. The molecule has 0 unspecified atom stereocenters. The van der Waals surface area contributed by atoms with E-state index < -0.39 is 22.8 Å². The summed E-state index contributed by atoms with van der Waals surface area (Å²) in [6.45, 7) is 1.66. The van der Waals surface area contributed by atoms with Gasteiger partial charge in [0.05, 0.1) is 21.9 Å². The largest absolute Gasteiger partial charge is 0.388 e. The van der Waals surface area contributed by atoms with Crippen LogP contribution in [-0.2, 0) is 5.60 Å². The van der Waals surface area contributed by atoms with Gasteiger partial charge in [0.2, 0.25) is 0 Å². The van der Waals surface area contributed by atoms with Crippen molar-refractivity contribution in [3.8, 4) is 0 Å². The summed E-state index contributed by atoms with van der Waals surface area (Å²) in [4.78, 5) is 30.2. The molecule has 7 nitrogen and oxygen atoms in total. The lowest BCUT2D eigenvalue weighted by molar-refractivity contribution is 0.00525. The highest BCUT2D eigenvalue weighted by Gasteiger charge is 2.31. The Balaban J connectivity index is 1.82. The first-order valence-electron chi connectivity index (χ1n) is 9.30. The molecular formula is C20H24ClN3O4. The van der Waals surface area contributed by atoms with Crippen LogP contribution >= 0.6 is 11.6 Å². The van der Waals surface area contributed by atoms with Gasteiger partial charge in [-0.05, 0) is 43.5 Å². The van der Waals surface area contributed by atoms with Gasteiger partial charge in [-0.25, -0.2) is 9.78 Å². The van der Waals surface area contributed by atoms with Crippen LogP contribution < -0.4 is 11.0 Å². The minimum atomic E-state index is -1.55. The van der Waals surface area contributed by atoms with Gasteiger partial charge in [0.1, 0.15) is 5.60 Å². The van der Waals surface area contributed by atoms with E-state index in [0.717, 1.165) is 19.3 Å². The summed E-state index contributed by atoms with van der Waals surface area (Å²) in [5, 5.41) is 24.5. The molecule has 3 rings (SSSR count). The number of aliphatic hydroxyl groups is 2. The van der Waals surface area contributed by atoms with E-state index in [2.05, 4.69) is 15.3 Å². The van der Waals surface area contributed by atoms with Crippen LogP contribution in [0.4, 0.5) is 0 Å². The van der Waals surface area contributed by atoms with E-state index in [4.69, 9.17) is 11.6 Å². The van der Waals surface area contributed by atoms with Gasteiger partial charge in [-0.2, -0.15) is 0 Å². The minimum Gasteiger partial charge on any atom is -0.388 e. The van der Waals surface area contributed by atoms with Gasteiger partial charge in [-0.3, -0.25) is 4.79 Å². The van der Waals surface area contributed by atoms with Crippen molar-refractivity contribution in [3.05, 3.63) is 62.8 Å². The molecule has 1 saturated carbocycles. The molecule has 4 N–H and O–H groups in total. The summed E-state index contributed by atoms with van der Waals surface area (Å²) in [6, 6.07) is 6.09. The zero-order valence-corrected chi connectivity index (χ0v) is 16.4. The quantitative estimate of drug-likeness (QED) is 0.608. The first-order valence-corrected chi connectivity index (χ1v) is 9.68. The zero-order valence-electron chi connectivity index (χ0n) is 15.7. The molecule has 2 aromatic rings. The van der Waals surface area contributed by atoms with Gasteiger partial charge in [-0.15, -0.1) is 0 Å². The monoisotopic (exact) mass is 405 g/mol. The average molecular weight is 406 g/mol. The standard InChI is InChI=1S/C20H24ClN3O4/c1-19(27,16-7-10-22-18(26)24-16)13-5-6-15(21)14(11-13)17(25)23-12-20(28)8-3-2-4-9-20/h5-7,10-11,27-28H,2-4,8-9,12H2,1H3,(H,23,25)(H,22,24,26)/t19-/m0/s1. The molecule has 0 aliphatic heterocycles. The van der Waals surface area contributed by atoms with E-state index in [0.29, 0.717) is 18.4 Å². The fraction of sp³-hybridized carbons (Fsp3) is 0.450. The SMILES string of the molecule is C[C@](O)(c1ccc(Cl)c(C(=O)NCC2(O)CCCCC2)c1)c1ccnc(=O)[nH]1. The third-order valence-electron chi connectivity index (χ3n) is 5.33. The van der Waals surface area contributed by atoms with Crippen molar-refractivity contribution in [2.45, 2.75) is 50.2 Å². The fourth-order valence-electron chi connectivity index (χ4n) is 3.54. The Morgan fingerprint density at radius 1 is 1.32 bits per heavy atom. The van der Waals surface area contributed by atoms with E-state index >= 15 is 0 Å². The van der Waals surface area contributed by atoms with Gasteiger partial charge >= 0.3 is 5.69 Å². The van der Waals surface area contributed by atoms with Gasteiger partial charge < -0.3 is 20.5 Å². The first kappa shape index (κ1) is 20.5. The second-order valence-corrected chi connectivity index (χ2v) is 7.93. The number of benzene rings is 1. The molecule has 1 atom stereocenters. The van der Waals surface area contributed by atoms with E-state index in [9.17, 15) is 19.8 Å². The van der Waals surface area contributed by atoms with Crippen LogP contribution in [-0.4, -0.2) is 38.2 Å². The second-order valence-electron chi connectivity index (χ2n) is 7.52. The van der Waals surface area contributed by atoms with Crippen LogP contribution in [0.3, 0.4) is 0 Å². The molecule has 8 heteroatoms. The molecule has 28 heavy (non-hydrogen) atoms. The third kappa shape index (κ3) is 4.43. The highest BCUT2D eigenvalue weighted by atomic mass is 35.5. The Morgan fingerprint density at radius 3 is 2.71 bits per heavy atom. The summed E-state index contributed by atoms with van der Waals surface area (Å²) >= 11 is 6.20. The van der Waals surface area contributed by atoms with E-state index in [1.807, 2.05) is 0 Å². The highest BCUT2D eigenvalue weighted by molar-refractivity contribution is 6.33. The molecular weight excluding hydrogens is 382 g/mol. The Labute approximate surface area is 167 Å². The van der Waals surface area contributed by atoms with Crippen LogP contribution in [0.1, 0.15) is 60.6 Å². The van der Waals surface area contributed by atoms with Gasteiger partial charge in [0.25, 0.3) is 5.91 Å². The molecule has 0 bridgehead atoms. The molecule has 0 saturated heterocycles. The summed E-state index contributed by atoms with van der Waals surface area (Å²) in [7, 11) is 0. The lowest BCUT2D eigenvalue weighted by atomic mass is 9.85. The maximum atomic E-state index is 12.7. The maximum absolute atomic E-state index is 12.7. The number of hydrogen-bond acceptors (Lipinski definition) is 5. The van der Waals surface area contributed by atoms with Gasteiger partial charge in [-0.1, -0.05) is 36.9 Å². The molecule has 1 aromatic heterocycles. The highest BCUT2D eigenvalue weighted by Crippen LogP contribution is 2.31. The van der Waals surface area contributed by atoms with E-state index in [1.165, 1.54) is 31.3 Å². The van der Waals surface area contributed by atoms with Crippen LogP contribution in [0.15, 0.2) is 35.3 Å². The lowest BCUT2D eigenvalue weighted by Gasteiger charge is -2.32. The zero-order chi connectivity index (χ0) is 20.4. The number of hydrogen-bond donors (Lipinski definition) is 4. The number of aromatic amines is 1. The molecule has 0 spiro atoms. The average Bonchev–Trinajstić information content (AvgIpc) is 2.67. The molecule has 1 aliphatic rings. The molecule has 1 heterocycles. The first-order chi connectivity index (χ1) is 13.2. The Morgan fingerprint density at radius 2 is 2.04 bits per heavy atom. The third-order valence-corrected chi connectivity index (χ3v) is 5.66. The number of aromatic nitrogens is 2. The van der Waals surface area contributed by atoms with Crippen LogP contribution in [0.2, 0.25) is 5.02 Å². The number of nitrogens with zero attached hydrogens (tertiary/aromatic N) is 1. The van der Waals surface area contributed by atoms with Gasteiger partial charge in [0, 0.05) is 12.7 Å². The molecule has 1 aromatic carbocycles. The van der Waals surface area contributed by atoms with Crippen molar-refractivity contribution < 1.29 is 15.0 Å². The van der Waals surface area contributed by atoms with Crippen LogP contribution in [0.25, 0.3) is 0 Å². The number of carbonyl (C=O) groups is 1. The predicted molar refractivity (Wildman–Crippen MR) is 105 cm³/mol. The number of H-pyrrole nitrogens is 1. The summed E-state index contributed by atoms with van der Waals surface area (Å²) in [5.74, 6) is -0.426. The van der Waals surface area contributed by atoms with Crippen molar-refractivity contribution in [1.29, 1.82) is 0 Å². The summed E-state index contributed by atoms with van der Waals surface area (Å²) in [5.41, 5.74) is -2.19.